The summed E-state index contributed by atoms with van der Waals surface area (Å²) in [6.07, 6.45) is 6.02. The van der Waals surface area contributed by atoms with Crippen molar-refractivity contribution in [3.63, 3.8) is 0 Å². The van der Waals surface area contributed by atoms with E-state index in [-0.39, 0.29) is 0 Å². The number of aromatic nitrogens is 4. The number of nitrogens with zero attached hydrogens (tertiary/aromatic N) is 7. The second-order valence-corrected chi connectivity index (χ2v) is 7.24. The van der Waals surface area contributed by atoms with Crippen LogP contribution in [0.1, 0.15) is 30.5 Å². The maximum Gasteiger partial charge on any atom is 0.229 e. The third-order valence-electron chi connectivity index (χ3n) is 5.38. The van der Waals surface area contributed by atoms with Crippen LogP contribution in [-0.2, 0) is 6.54 Å². The Balaban J connectivity index is 1.08. The molecule has 4 heterocycles. The summed E-state index contributed by atoms with van der Waals surface area (Å²) >= 11 is 0. The molecule has 2 aromatic rings. The minimum atomic E-state index is 0.537. The third-order valence-corrected chi connectivity index (χ3v) is 5.38. The average molecular weight is 341 g/mol. The molecular weight excluding hydrogens is 318 g/mol. The van der Waals surface area contributed by atoms with Gasteiger partial charge in [0.25, 0.3) is 0 Å². The molecule has 5 rings (SSSR count). The molecule has 2 aromatic heterocycles. The zero-order valence-corrected chi connectivity index (χ0v) is 14.3. The molecule has 0 atom stereocenters. The van der Waals surface area contributed by atoms with Gasteiger partial charge >= 0.3 is 0 Å². The van der Waals surface area contributed by atoms with Gasteiger partial charge in [-0.25, -0.2) is 9.97 Å². The van der Waals surface area contributed by atoms with E-state index in [0.29, 0.717) is 12.0 Å². The Morgan fingerprint density at radius 3 is 2.52 bits per heavy atom. The van der Waals surface area contributed by atoms with E-state index in [2.05, 4.69) is 34.8 Å². The summed E-state index contributed by atoms with van der Waals surface area (Å²) in [5, 5.41) is 4.12. The highest BCUT2D eigenvalue weighted by Gasteiger charge is 2.35. The molecule has 8 heteroatoms. The largest absolute Gasteiger partial charge is 0.339 e. The van der Waals surface area contributed by atoms with Crippen molar-refractivity contribution in [2.45, 2.75) is 31.3 Å². The first-order valence-corrected chi connectivity index (χ1v) is 9.16. The topological polar surface area (TPSA) is 74.4 Å². The fourth-order valence-electron chi connectivity index (χ4n) is 3.67. The summed E-state index contributed by atoms with van der Waals surface area (Å²) in [5.41, 5.74) is 0. The number of anilines is 1. The molecule has 0 N–H and O–H groups in total. The van der Waals surface area contributed by atoms with Crippen molar-refractivity contribution in [2.24, 2.45) is 0 Å². The lowest BCUT2D eigenvalue weighted by Crippen LogP contribution is -2.62. The molecule has 3 aliphatic rings. The van der Waals surface area contributed by atoms with E-state index in [4.69, 9.17) is 4.52 Å². The molecule has 1 aliphatic carbocycles. The quantitative estimate of drug-likeness (QED) is 0.788. The summed E-state index contributed by atoms with van der Waals surface area (Å²) in [6, 6.07) is 2.51. The molecular formula is C17H23N7O. The molecule has 8 nitrogen and oxygen atoms in total. The second-order valence-electron chi connectivity index (χ2n) is 7.24. The molecule has 0 unspecified atom stereocenters. The van der Waals surface area contributed by atoms with Crippen LogP contribution in [0.25, 0.3) is 0 Å². The lowest BCUT2D eigenvalue weighted by atomic mass is 10.1. The van der Waals surface area contributed by atoms with E-state index in [0.717, 1.165) is 63.5 Å². The summed E-state index contributed by atoms with van der Waals surface area (Å²) in [6.45, 7) is 7.14. The van der Waals surface area contributed by atoms with Crippen molar-refractivity contribution in [3.8, 4) is 0 Å². The molecule has 25 heavy (non-hydrogen) atoms. The fourth-order valence-corrected chi connectivity index (χ4v) is 3.67. The predicted octanol–water partition coefficient (Wildman–Crippen LogP) is 0.743. The minimum Gasteiger partial charge on any atom is -0.339 e. The smallest absolute Gasteiger partial charge is 0.229 e. The van der Waals surface area contributed by atoms with Gasteiger partial charge in [0, 0.05) is 63.6 Å². The Morgan fingerprint density at radius 2 is 1.80 bits per heavy atom. The zero-order valence-electron chi connectivity index (χ0n) is 14.3. The van der Waals surface area contributed by atoms with Gasteiger partial charge in [0.1, 0.15) is 0 Å². The van der Waals surface area contributed by atoms with E-state index >= 15 is 0 Å². The second kappa shape index (κ2) is 6.34. The van der Waals surface area contributed by atoms with Gasteiger partial charge in [-0.2, -0.15) is 4.98 Å². The average Bonchev–Trinajstić information content (AvgIpc) is 3.38. The van der Waals surface area contributed by atoms with Crippen molar-refractivity contribution in [1.29, 1.82) is 0 Å². The van der Waals surface area contributed by atoms with Gasteiger partial charge in [-0.3, -0.25) is 9.80 Å². The van der Waals surface area contributed by atoms with Crippen molar-refractivity contribution in [1.82, 2.24) is 29.9 Å². The van der Waals surface area contributed by atoms with Gasteiger partial charge in [-0.05, 0) is 18.9 Å². The van der Waals surface area contributed by atoms with Crippen LogP contribution in [-0.4, -0.2) is 75.2 Å². The summed E-state index contributed by atoms with van der Waals surface area (Å²) in [4.78, 5) is 20.5. The van der Waals surface area contributed by atoms with Crippen LogP contribution >= 0.6 is 0 Å². The molecule has 0 aromatic carbocycles. The molecule has 3 fully saturated rings. The Bertz CT molecular complexity index is 703. The predicted molar refractivity (Wildman–Crippen MR) is 91.2 cm³/mol. The Labute approximate surface area is 146 Å². The van der Waals surface area contributed by atoms with Gasteiger partial charge in [0.2, 0.25) is 11.8 Å². The van der Waals surface area contributed by atoms with Crippen LogP contribution in [0.5, 0.6) is 0 Å². The van der Waals surface area contributed by atoms with Gasteiger partial charge in [-0.1, -0.05) is 5.16 Å². The number of hydrogen-bond donors (Lipinski definition) is 0. The van der Waals surface area contributed by atoms with E-state index in [1.165, 1.54) is 12.8 Å². The van der Waals surface area contributed by atoms with Gasteiger partial charge in [0.15, 0.2) is 5.82 Å². The number of piperazine rings is 1. The molecule has 2 saturated heterocycles. The van der Waals surface area contributed by atoms with Gasteiger partial charge in [0.05, 0.1) is 6.54 Å². The zero-order chi connectivity index (χ0) is 16.6. The van der Waals surface area contributed by atoms with E-state index in [9.17, 15) is 0 Å². The normalized spacial score (nSPS) is 23.0. The molecule has 0 amide bonds. The van der Waals surface area contributed by atoms with E-state index < -0.39 is 0 Å². The standard InChI is InChI=1S/C17H23N7O/c1-4-18-17(19-5-1)24-8-6-23(7-9-24)14-10-22(11-14)12-15-20-16(25-21-15)13-2-3-13/h1,4-5,13-14H,2-3,6-12H2. The van der Waals surface area contributed by atoms with Crippen molar-refractivity contribution in [3.05, 3.63) is 30.2 Å². The summed E-state index contributed by atoms with van der Waals surface area (Å²) < 4.78 is 5.34. The van der Waals surface area contributed by atoms with E-state index in [1.807, 2.05) is 18.5 Å². The Hall–Kier alpha value is -2.06. The van der Waals surface area contributed by atoms with Crippen LogP contribution in [0, 0.1) is 0 Å². The molecule has 0 bridgehead atoms. The monoisotopic (exact) mass is 341 g/mol. The molecule has 1 saturated carbocycles. The minimum absolute atomic E-state index is 0.537. The molecule has 132 valence electrons. The van der Waals surface area contributed by atoms with Gasteiger partial charge in [-0.15, -0.1) is 0 Å². The molecule has 2 aliphatic heterocycles. The van der Waals surface area contributed by atoms with Crippen molar-refractivity contribution < 1.29 is 4.52 Å². The van der Waals surface area contributed by atoms with Crippen molar-refractivity contribution >= 4 is 5.95 Å². The highest BCUT2D eigenvalue weighted by atomic mass is 16.5. The van der Waals surface area contributed by atoms with Crippen LogP contribution in [0.15, 0.2) is 23.0 Å². The molecule has 0 radical (unpaired) electrons. The van der Waals surface area contributed by atoms with Crippen LogP contribution in [0.4, 0.5) is 5.95 Å². The molecule has 0 spiro atoms. The summed E-state index contributed by atoms with van der Waals surface area (Å²) in [7, 11) is 0. The fraction of sp³-hybridized carbons (Fsp3) is 0.647. The first-order chi connectivity index (χ1) is 12.3. The third kappa shape index (κ3) is 3.23. The van der Waals surface area contributed by atoms with Gasteiger partial charge < -0.3 is 9.42 Å². The summed E-state index contributed by atoms with van der Waals surface area (Å²) in [5.74, 6) is 3.06. The Morgan fingerprint density at radius 1 is 1.04 bits per heavy atom. The highest BCUT2D eigenvalue weighted by molar-refractivity contribution is 5.29. The Kier molecular flexibility index (Phi) is 3.86. The first-order valence-electron chi connectivity index (χ1n) is 9.16. The highest BCUT2D eigenvalue weighted by Crippen LogP contribution is 2.38. The van der Waals surface area contributed by atoms with Crippen LogP contribution < -0.4 is 4.90 Å². The van der Waals surface area contributed by atoms with Crippen molar-refractivity contribution in [2.75, 3.05) is 44.2 Å². The number of likely N-dealkylation sites (tertiary alicyclic amines) is 1. The van der Waals surface area contributed by atoms with Crippen LogP contribution in [0.3, 0.4) is 0 Å². The SMILES string of the molecule is c1cnc(N2CCN(C3CN(Cc4noc(C5CC5)n4)C3)CC2)nc1. The number of hydrogen-bond acceptors (Lipinski definition) is 8. The van der Waals surface area contributed by atoms with E-state index in [1.54, 1.807) is 0 Å². The maximum absolute atomic E-state index is 5.34. The maximum atomic E-state index is 5.34. The lowest BCUT2D eigenvalue weighted by molar-refractivity contribution is 0.0235. The lowest BCUT2D eigenvalue weighted by Gasteiger charge is -2.47. The van der Waals surface area contributed by atoms with Crippen LogP contribution in [0.2, 0.25) is 0 Å². The first kappa shape index (κ1) is 15.2. The number of rotatable bonds is 5.